The molecular formula is C11H9F2N3O. The number of halogens is 2. The number of benzene rings is 1. The molecule has 2 N–H and O–H groups in total. The van der Waals surface area contributed by atoms with E-state index in [1.54, 1.807) is 0 Å². The number of hydrogen-bond acceptors (Lipinski definition) is 3. The van der Waals surface area contributed by atoms with E-state index in [0.29, 0.717) is 11.4 Å². The molecule has 0 aliphatic heterocycles. The summed E-state index contributed by atoms with van der Waals surface area (Å²) in [7, 11) is 0. The minimum Gasteiger partial charge on any atom is -0.366 e. The number of H-pyrrole nitrogens is 1. The summed E-state index contributed by atoms with van der Waals surface area (Å²) >= 11 is 0. The van der Waals surface area contributed by atoms with Crippen molar-refractivity contribution in [1.29, 1.82) is 0 Å². The SMILES string of the molecule is O=c1cc(NCc2ccc(F)cc2F)nc[nH]1. The van der Waals surface area contributed by atoms with Crippen molar-refractivity contribution in [2.24, 2.45) is 0 Å². The lowest BCUT2D eigenvalue weighted by Gasteiger charge is -2.05. The van der Waals surface area contributed by atoms with Crippen LogP contribution in [0.4, 0.5) is 14.6 Å². The molecule has 1 aromatic carbocycles. The Bertz CT molecular complexity index is 583. The van der Waals surface area contributed by atoms with E-state index < -0.39 is 11.6 Å². The Morgan fingerprint density at radius 3 is 2.82 bits per heavy atom. The number of nitrogens with one attached hydrogen (secondary N) is 2. The molecule has 17 heavy (non-hydrogen) atoms. The van der Waals surface area contributed by atoms with E-state index in [1.807, 2.05) is 0 Å². The molecule has 2 rings (SSSR count). The third-order valence-electron chi connectivity index (χ3n) is 2.15. The van der Waals surface area contributed by atoms with Gasteiger partial charge in [0.2, 0.25) is 0 Å². The quantitative estimate of drug-likeness (QED) is 0.853. The first kappa shape index (κ1) is 11.3. The van der Waals surface area contributed by atoms with E-state index in [4.69, 9.17) is 0 Å². The molecule has 0 atom stereocenters. The first-order chi connectivity index (χ1) is 8.15. The zero-order valence-corrected chi connectivity index (χ0v) is 8.71. The summed E-state index contributed by atoms with van der Waals surface area (Å²) in [6.07, 6.45) is 1.24. The van der Waals surface area contributed by atoms with Gasteiger partial charge in [-0.3, -0.25) is 4.79 Å². The standard InChI is InChI=1S/C11H9F2N3O/c12-8-2-1-7(9(13)3-8)5-14-10-4-11(17)16-6-15-10/h1-4,6H,5H2,(H2,14,15,16,17). The molecule has 0 unspecified atom stereocenters. The molecule has 0 aliphatic rings. The molecule has 0 saturated carbocycles. The van der Waals surface area contributed by atoms with Crippen molar-refractivity contribution in [3.8, 4) is 0 Å². The molecule has 0 amide bonds. The fraction of sp³-hybridized carbons (Fsp3) is 0.0909. The van der Waals surface area contributed by atoms with Gasteiger partial charge in [-0.05, 0) is 6.07 Å². The zero-order valence-electron chi connectivity index (χ0n) is 8.71. The molecule has 2 aromatic rings. The first-order valence-electron chi connectivity index (χ1n) is 4.88. The summed E-state index contributed by atoms with van der Waals surface area (Å²) in [6, 6.07) is 4.57. The Labute approximate surface area is 95.3 Å². The number of anilines is 1. The maximum atomic E-state index is 13.3. The van der Waals surface area contributed by atoms with E-state index in [-0.39, 0.29) is 12.1 Å². The highest BCUT2D eigenvalue weighted by Crippen LogP contribution is 2.10. The summed E-state index contributed by atoms with van der Waals surface area (Å²) in [6.45, 7) is 0.128. The topological polar surface area (TPSA) is 57.8 Å². The van der Waals surface area contributed by atoms with Crippen LogP contribution < -0.4 is 10.9 Å². The molecule has 1 heterocycles. The average molecular weight is 237 g/mol. The lowest BCUT2D eigenvalue weighted by Crippen LogP contribution is -2.09. The molecule has 0 radical (unpaired) electrons. The van der Waals surface area contributed by atoms with Gasteiger partial charge in [-0.15, -0.1) is 0 Å². The highest BCUT2D eigenvalue weighted by molar-refractivity contribution is 5.33. The average Bonchev–Trinajstić information content (AvgIpc) is 2.28. The van der Waals surface area contributed by atoms with E-state index in [9.17, 15) is 13.6 Å². The fourth-order valence-corrected chi connectivity index (χ4v) is 1.32. The maximum absolute atomic E-state index is 13.3. The van der Waals surface area contributed by atoms with Crippen LogP contribution in [0.1, 0.15) is 5.56 Å². The van der Waals surface area contributed by atoms with E-state index >= 15 is 0 Å². The van der Waals surface area contributed by atoms with Crippen molar-refractivity contribution < 1.29 is 8.78 Å². The van der Waals surface area contributed by atoms with Crippen LogP contribution in [0, 0.1) is 11.6 Å². The molecule has 0 spiro atoms. The molecule has 1 aromatic heterocycles. The normalized spacial score (nSPS) is 10.2. The number of hydrogen-bond donors (Lipinski definition) is 2. The molecule has 6 heteroatoms. The number of aromatic nitrogens is 2. The van der Waals surface area contributed by atoms with Crippen LogP contribution in [0.5, 0.6) is 0 Å². The molecule has 4 nitrogen and oxygen atoms in total. The van der Waals surface area contributed by atoms with Crippen molar-refractivity contribution in [3.63, 3.8) is 0 Å². The van der Waals surface area contributed by atoms with E-state index in [2.05, 4.69) is 15.3 Å². The predicted octanol–water partition coefficient (Wildman–Crippen LogP) is 1.66. The Balaban J connectivity index is 2.10. The third-order valence-corrected chi connectivity index (χ3v) is 2.15. The van der Waals surface area contributed by atoms with Crippen molar-refractivity contribution in [2.45, 2.75) is 6.54 Å². The molecule has 0 aliphatic carbocycles. The second kappa shape index (κ2) is 4.73. The molecule has 0 saturated heterocycles. The highest BCUT2D eigenvalue weighted by atomic mass is 19.1. The zero-order chi connectivity index (χ0) is 12.3. The van der Waals surface area contributed by atoms with Crippen molar-refractivity contribution in [3.05, 3.63) is 58.1 Å². The Morgan fingerprint density at radius 1 is 1.29 bits per heavy atom. The van der Waals surface area contributed by atoms with Crippen LogP contribution >= 0.6 is 0 Å². The largest absolute Gasteiger partial charge is 0.366 e. The molecule has 88 valence electrons. The van der Waals surface area contributed by atoms with Crippen LogP contribution in [0.3, 0.4) is 0 Å². The molecular weight excluding hydrogens is 228 g/mol. The second-order valence-corrected chi connectivity index (χ2v) is 3.39. The Kier molecular flexibility index (Phi) is 3.13. The predicted molar refractivity (Wildman–Crippen MR) is 58.5 cm³/mol. The van der Waals surface area contributed by atoms with Crippen LogP contribution in [0.25, 0.3) is 0 Å². The minimum atomic E-state index is -0.637. The van der Waals surface area contributed by atoms with Gasteiger partial charge in [0.15, 0.2) is 0 Å². The molecule has 0 bridgehead atoms. The van der Waals surface area contributed by atoms with E-state index in [0.717, 1.165) is 6.07 Å². The van der Waals surface area contributed by atoms with Gasteiger partial charge in [0, 0.05) is 24.2 Å². The van der Waals surface area contributed by atoms with Crippen LogP contribution in [0.15, 0.2) is 35.4 Å². The number of rotatable bonds is 3. The van der Waals surface area contributed by atoms with Crippen LogP contribution in [-0.4, -0.2) is 9.97 Å². The molecule has 0 fully saturated rings. The summed E-state index contributed by atoms with van der Waals surface area (Å²) in [4.78, 5) is 17.2. The second-order valence-electron chi connectivity index (χ2n) is 3.39. The van der Waals surface area contributed by atoms with Gasteiger partial charge in [-0.2, -0.15) is 0 Å². The highest BCUT2D eigenvalue weighted by Gasteiger charge is 2.03. The number of nitrogens with zero attached hydrogens (tertiary/aromatic N) is 1. The summed E-state index contributed by atoms with van der Waals surface area (Å²) in [5.74, 6) is -0.930. The smallest absolute Gasteiger partial charge is 0.252 e. The van der Waals surface area contributed by atoms with Gasteiger partial charge in [-0.25, -0.2) is 13.8 Å². The summed E-state index contributed by atoms with van der Waals surface area (Å²) < 4.78 is 25.9. The summed E-state index contributed by atoms with van der Waals surface area (Å²) in [5, 5.41) is 2.77. The third kappa shape index (κ3) is 2.87. The first-order valence-corrected chi connectivity index (χ1v) is 4.88. The fourth-order valence-electron chi connectivity index (χ4n) is 1.32. The van der Waals surface area contributed by atoms with Gasteiger partial charge in [0.1, 0.15) is 17.5 Å². The van der Waals surface area contributed by atoms with Crippen molar-refractivity contribution in [2.75, 3.05) is 5.32 Å². The Morgan fingerprint density at radius 2 is 2.12 bits per heavy atom. The number of aromatic amines is 1. The van der Waals surface area contributed by atoms with E-state index in [1.165, 1.54) is 24.5 Å². The van der Waals surface area contributed by atoms with Gasteiger partial charge in [0.05, 0.1) is 6.33 Å². The van der Waals surface area contributed by atoms with Crippen LogP contribution in [-0.2, 0) is 6.54 Å². The van der Waals surface area contributed by atoms with Gasteiger partial charge in [-0.1, -0.05) is 6.07 Å². The Hall–Kier alpha value is -2.24. The lowest BCUT2D eigenvalue weighted by molar-refractivity contribution is 0.574. The minimum absolute atomic E-state index is 0.128. The van der Waals surface area contributed by atoms with Gasteiger partial charge < -0.3 is 10.3 Å². The maximum Gasteiger partial charge on any atom is 0.252 e. The summed E-state index contributed by atoms with van der Waals surface area (Å²) in [5.41, 5.74) is -0.00411. The monoisotopic (exact) mass is 237 g/mol. The van der Waals surface area contributed by atoms with Gasteiger partial charge >= 0.3 is 0 Å². The lowest BCUT2D eigenvalue weighted by atomic mass is 10.2. The van der Waals surface area contributed by atoms with Crippen molar-refractivity contribution in [1.82, 2.24) is 9.97 Å². The van der Waals surface area contributed by atoms with Crippen LogP contribution in [0.2, 0.25) is 0 Å². The van der Waals surface area contributed by atoms with Gasteiger partial charge in [0.25, 0.3) is 5.56 Å². The van der Waals surface area contributed by atoms with Crippen molar-refractivity contribution >= 4 is 5.82 Å².